The lowest BCUT2D eigenvalue weighted by Crippen LogP contribution is -2.38. The molecule has 0 amide bonds. The van der Waals surface area contributed by atoms with Crippen molar-refractivity contribution in [3.8, 4) is 0 Å². The molecule has 1 aliphatic heterocycles. The molecular weight excluding hydrogens is 194 g/mol. The average molecular weight is 209 g/mol. The summed E-state index contributed by atoms with van der Waals surface area (Å²) >= 11 is 0. The van der Waals surface area contributed by atoms with Crippen LogP contribution >= 0.6 is 0 Å². The molecule has 5 nitrogen and oxygen atoms in total. The van der Waals surface area contributed by atoms with Crippen LogP contribution < -0.4 is 0 Å². The molecule has 0 aromatic rings. The van der Waals surface area contributed by atoms with Gasteiger partial charge in [0.1, 0.15) is 0 Å². The molecule has 0 bridgehead atoms. The molecule has 0 unspecified atom stereocenters. The number of rotatable bonds is 3. The van der Waals surface area contributed by atoms with Crippen molar-refractivity contribution in [1.82, 2.24) is 4.31 Å². The first-order chi connectivity index (χ1) is 6.04. The highest BCUT2D eigenvalue weighted by atomic mass is 32.2. The zero-order valence-electron chi connectivity index (χ0n) is 7.39. The zero-order valence-corrected chi connectivity index (χ0v) is 8.20. The molecule has 0 saturated carbocycles. The molecule has 6 heteroatoms. The van der Waals surface area contributed by atoms with Gasteiger partial charge in [0.2, 0.25) is 0 Å². The van der Waals surface area contributed by atoms with E-state index < -0.39 is 10.3 Å². The van der Waals surface area contributed by atoms with E-state index in [1.165, 1.54) is 0 Å². The molecule has 1 saturated heterocycles. The summed E-state index contributed by atoms with van der Waals surface area (Å²) in [5.74, 6) is 0.392. The molecular formula is C7H15NO4S. The second-order valence-corrected chi connectivity index (χ2v) is 4.74. The van der Waals surface area contributed by atoms with Gasteiger partial charge in [-0.3, -0.25) is 4.55 Å². The Kier molecular flexibility index (Phi) is 3.66. The van der Waals surface area contributed by atoms with E-state index in [0.29, 0.717) is 19.0 Å². The number of hydrogen-bond donors (Lipinski definition) is 2. The van der Waals surface area contributed by atoms with Crippen molar-refractivity contribution < 1.29 is 18.1 Å². The third kappa shape index (κ3) is 3.22. The maximum atomic E-state index is 10.7. The van der Waals surface area contributed by atoms with Gasteiger partial charge in [0.15, 0.2) is 0 Å². The van der Waals surface area contributed by atoms with Gasteiger partial charge < -0.3 is 5.11 Å². The van der Waals surface area contributed by atoms with E-state index >= 15 is 0 Å². The van der Waals surface area contributed by atoms with Crippen LogP contribution in [0.1, 0.15) is 19.3 Å². The lowest BCUT2D eigenvalue weighted by Gasteiger charge is -2.28. The first kappa shape index (κ1) is 10.9. The van der Waals surface area contributed by atoms with E-state index in [2.05, 4.69) is 0 Å². The predicted molar refractivity (Wildman–Crippen MR) is 47.5 cm³/mol. The molecule has 1 heterocycles. The third-order valence-corrected chi connectivity index (χ3v) is 3.45. The van der Waals surface area contributed by atoms with Gasteiger partial charge in [-0.05, 0) is 25.2 Å². The number of aliphatic hydroxyl groups excluding tert-OH is 1. The van der Waals surface area contributed by atoms with Crippen molar-refractivity contribution in [3.05, 3.63) is 0 Å². The minimum absolute atomic E-state index is 0.149. The standard InChI is InChI=1S/C7H15NO4S/c9-6-3-7-1-4-8(5-2-7)13(10,11)12/h7,9H,1-6H2,(H,10,11,12). The fourth-order valence-corrected chi connectivity index (χ4v) is 2.28. The molecule has 1 rings (SSSR count). The summed E-state index contributed by atoms with van der Waals surface area (Å²) in [6, 6.07) is 0. The van der Waals surface area contributed by atoms with Crippen LogP contribution in [-0.4, -0.2) is 42.1 Å². The van der Waals surface area contributed by atoms with Crippen molar-refractivity contribution in [1.29, 1.82) is 0 Å². The van der Waals surface area contributed by atoms with Gasteiger partial charge in [-0.1, -0.05) is 0 Å². The summed E-state index contributed by atoms with van der Waals surface area (Å²) in [5, 5.41) is 8.66. The van der Waals surface area contributed by atoms with Gasteiger partial charge in [-0.25, -0.2) is 0 Å². The lowest BCUT2D eigenvalue weighted by molar-refractivity contribution is 0.201. The molecule has 1 aliphatic rings. The Hall–Kier alpha value is -0.170. The van der Waals surface area contributed by atoms with Crippen molar-refractivity contribution in [2.24, 2.45) is 5.92 Å². The van der Waals surface area contributed by atoms with Gasteiger partial charge in [0.25, 0.3) is 0 Å². The Bertz CT molecular complexity index is 243. The molecule has 1 fully saturated rings. The second-order valence-electron chi connectivity index (χ2n) is 3.33. The predicted octanol–water partition coefficient (Wildman–Crippen LogP) is -0.116. The Labute approximate surface area is 78.2 Å². The summed E-state index contributed by atoms with van der Waals surface area (Å²) in [6.07, 6.45) is 2.17. The summed E-state index contributed by atoms with van der Waals surface area (Å²) < 4.78 is 31.1. The van der Waals surface area contributed by atoms with E-state index in [4.69, 9.17) is 9.66 Å². The van der Waals surface area contributed by atoms with Crippen LogP contribution in [0.5, 0.6) is 0 Å². The van der Waals surface area contributed by atoms with Crippen LogP contribution in [0, 0.1) is 5.92 Å². The lowest BCUT2D eigenvalue weighted by atomic mass is 9.95. The Morgan fingerprint density at radius 1 is 1.31 bits per heavy atom. The average Bonchev–Trinajstić information content (AvgIpc) is 2.04. The van der Waals surface area contributed by atoms with Gasteiger partial charge in [-0.2, -0.15) is 12.7 Å². The largest absolute Gasteiger partial charge is 0.396 e. The topological polar surface area (TPSA) is 77.8 Å². The first-order valence-corrected chi connectivity index (χ1v) is 5.77. The van der Waals surface area contributed by atoms with E-state index in [0.717, 1.165) is 23.6 Å². The number of nitrogens with zero attached hydrogens (tertiary/aromatic N) is 1. The van der Waals surface area contributed by atoms with Crippen LogP contribution in [-0.2, 0) is 10.3 Å². The fourth-order valence-electron chi connectivity index (χ4n) is 1.61. The summed E-state index contributed by atoms with van der Waals surface area (Å²) in [7, 11) is -3.99. The molecule has 0 aromatic heterocycles. The van der Waals surface area contributed by atoms with Gasteiger partial charge >= 0.3 is 10.3 Å². The fraction of sp³-hybridized carbons (Fsp3) is 1.00. The maximum absolute atomic E-state index is 10.7. The Balaban J connectivity index is 2.39. The molecule has 78 valence electrons. The third-order valence-electron chi connectivity index (χ3n) is 2.44. The van der Waals surface area contributed by atoms with Crippen molar-refractivity contribution >= 4 is 10.3 Å². The van der Waals surface area contributed by atoms with Crippen molar-refractivity contribution in [2.45, 2.75) is 19.3 Å². The maximum Gasteiger partial charge on any atom is 0.335 e. The number of hydrogen-bond acceptors (Lipinski definition) is 3. The highest BCUT2D eigenvalue weighted by Gasteiger charge is 2.25. The quantitative estimate of drug-likeness (QED) is 0.635. The van der Waals surface area contributed by atoms with E-state index in [9.17, 15) is 8.42 Å². The molecule has 0 spiro atoms. The molecule has 0 atom stereocenters. The summed E-state index contributed by atoms with van der Waals surface area (Å²) in [4.78, 5) is 0. The number of aliphatic hydroxyl groups is 1. The smallest absolute Gasteiger partial charge is 0.335 e. The van der Waals surface area contributed by atoms with Gasteiger partial charge in [-0.15, -0.1) is 0 Å². The highest BCUT2D eigenvalue weighted by molar-refractivity contribution is 7.83. The second kappa shape index (κ2) is 4.36. The van der Waals surface area contributed by atoms with Crippen molar-refractivity contribution in [2.75, 3.05) is 19.7 Å². The molecule has 0 aromatic carbocycles. The summed E-state index contributed by atoms with van der Waals surface area (Å²) in [6.45, 7) is 0.879. The minimum atomic E-state index is -3.99. The zero-order chi connectivity index (χ0) is 9.90. The normalized spacial score (nSPS) is 22.0. The van der Waals surface area contributed by atoms with Crippen LogP contribution in [0.25, 0.3) is 0 Å². The highest BCUT2D eigenvalue weighted by Crippen LogP contribution is 2.21. The van der Waals surface area contributed by atoms with Gasteiger partial charge in [0.05, 0.1) is 0 Å². The first-order valence-electron chi connectivity index (χ1n) is 4.37. The molecule has 13 heavy (non-hydrogen) atoms. The Morgan fingerprint density at radius 2 is 1.85 bits per heavy atom. The van der Waals surface area contributed by atoms with Crippen LogP contribution in [0.15, 0.2) is 0 Å². The SMILES string of the molecule is O=S(=O)(O)N1CCC(CCO)CC1. The van der Waals surface area contributed by atoms with Crippen LogP contribution in [0.4, 0.5) is 0 Å². The number of piperidine rings is 1. The minimum Gasteiger partial charge on any atom is -0.396 e. The van der Waals surface area contributed by atoms with Crippen molar-refractivity contribution in [3.63, 3.8) is 0 Å². The molecule has 0 radical (unpaired) electrons. The Morgan fingerprint density at radius 3 is 2.23 bits per heavy atom. The van der Waals surface area contributed by atoms with Crippen LogP contribution in [0.2, 0.25) is 0 Å². The monoisotopic (exact) mass is 209 g/mol. The summed E-state index contributed by atoms with van der Waals surface area (Å²) in [5.41, 5.74) is 0. The molecule has 2 N–H and O–H groups in total. The van der Waals surface area contributed by atoms with E-state index in [1.54, 1.807) is 0 Å². The van der Waals surface area contributed by atoms with Gasteiger partial charge in [0, 0.05) is 19.7 Å². The van der Waals surface area contributed by atoms with Crippen LogP contribution in [0.3, 0.4) is 0 Å². The van der Waals surface area contributed by atoms with E-state index in [1.807, 2.05) is 0 Å². The molecule has 0 aliphatic carbocycles. The van der Waals surface area contributed by atoms with E-state index in [-0.39, 0.29) is 6.61 Å².